The molecule has 13 nitrogen and oxygen atoms in total. The highest BCUT2D eigenvalue weighted by molar-refractivity contribution is 5.87. The zero-order valence-corrected chi connectivity index (χ0v) is 32.6. The van der Waals surface area contributed by atoms with Gasteiger partial charge in [0.2, 0.25) is 17.4 Å². The van der Waals surface area contributed by atoms with E-state index in [4.69, 9.17) is 14.5 Å². The van der Waals surface area contributed by atoms with Crippen LogP contribution in [0, 0.1) is 0 Å². The zero-order valence-electron chi connectivity index (χ0n) is 32.6. The first kappa shape index (κ1) is 40.0. The minimum absolute atomic E-state index is 0.00642. The van der Waals surface area contributed by atoms with Gasteiger partial charge in [0.05, 0.1) is 55.7 Å². The summed E-state index contributed by atoms with van der Waals surface area (Å²) in [6.45, 7) is 7.19. The summed E-state index contributed by atoms with van der Waals surface area (Å²) in [6, 6.07) is 26.9. The number of phenolic OH excluding ortho intramolecular Hbond substituents is 1. The molecule has 1 atom stereocenters. The number of aromatic hydroxyl groups is 1. The fraction of sp³-hybridized carbons (Fsp3) is 0.409. The van der Waals surface area contributed by atoms with Gasteiger partial charge in [-0.3, -0.25) is 14.5 Å². The van der Waals surface area contributed by atoms with Crippen molar-refractivity contribution in [3.63, 3.8) is 0 Å². The maximum atomic E-state index is 12.7. The van der Waals surface area contributed by atoms with Crippen LogP contribution in [0.2, 0.25) is 0 Å². The van der Waals surface area contributed by atoms with Gasteiger partial charge >= 0.3 is 0 Å². The number of fused-ring (bicyclic) bond motifs is 1. The van der Waals surface area contributed by atoms with Crippen LogP contribution in [0.25, 0.3) is 22.2 Å². The van der Waals surface area contributed by atoms with Gasteiger partial charge in [-0.15, -0.1) is 0 Å². The number of H-pyrrole nitrogens is 1. The van der Waals surface area contributed by atoms with Gasteiger partial charge in [-0.25, -0.2) is 9.97 Å². The summed E-state index contributed by atoms with van der Waals surface area (Å²) in [7, 11) is 1.76. The third-order valence-corrected chi connectivity index (χ3v) is 11.1. The predicted octanol–water partition coefficient (Wildman–Crippen LogP) is 4.29. The van der Waals surface area contributed by atoms with Gasteiger partial charge in [0, 0.05) is 76.1 Å². The number of likely N-dealkylation sites (N-methyl/N-ethyl adjacent to an activating group) is 1. The lowest BCUT2D eigenvalue weighted by molar-refractivity contribution is -0.131. The van der Waals surface area contributed by atoms with Crippen LogP contribution in [-0.2, 0) is 27.2 Å². The zero-order chi connectivity index (χ0) is 39.6. The molecule has 13 heteroatoms. The number of anilines is 1. The predicted molar refractivity (Wildman–Crippen MR) is 220 cm³/mol. The standard InChI is InChI=1S/C44H53N7O6/c1-49(23-20-45-29-39(53)35-10-12-38(52)42-36(35)11-13-40(54)48-42)41(55)16-26-56-25-15-32-6-5-7-33(28-32)30-50-21-17-44(18-22-50)31-51(24-27-57-44)43-46-19-14-37(47-43)34-8-3-2-4-9-34/h2-14,19,28,39,45,52-53H,15-18,20-27,29-31H2,1H3,(H,48,54)/t39-/m0/s1. The Morgan fingerprint density at radius 1 is 1.02 bits per heavy atom. The van der Waals surface area contributed by atoms with Crippen LogP contribution < -0.4 is 15.8 Å². The highest BCUT2D eigenvalue weighted by Gasteiger charge is 2.40. The van der Waals surface area contributed by atoms with E-state index >= 15 is 0 Å². The van der Waals surface area contributed by atoms with Crippen molar-refractivity contribution >= 4 is 22.8 Å². The van der Waals surface area contributed by atoms with Crippen LogP contribution >= 0.6 is 0 Å². The number of carbonyl (C=O) groups is 1. The fourth-order valence-corrected chi connectivity index (χ4v) is 7.76. The number of aromatic nitrogens is 3. The van der Waals surface area contributed by atoms with Crippen molar-refractivity contribution in [3.05, 3.63) is 118 Å². The van der Waals surface area contributed by atoms with Crippen LogP contribution in [0.1, 0.15) is 42.1 Å². The Labute approximate surface area is 333 Å². The van der Waals surface area contributed by atoms with Gasteiger partial charge in [-0.1, -0.05) is 60.7 Å². The number of amides is 1. The molecule has 0 bridgehead atoms. The molecule has 57 heavy (non-hydrogen) atoms. The van der Waals surface area contributed by atoms with Crippen molar-refractivity contribution in [2.75, 3.05) is 77.6 Å². The van der Waals surface area contributed by atoms with Crippen molar-refractivity contribution in [1.82, 2.24) is 30.1 Å². The molecule has 7 rings (SSSR count). The molecule has 2 fully saturated rings. The SMILES string of the molecule is CN(CCNC[C@H](O)c1ccc(O)c2[nH]c(=O)ccc12)C(=O)CCOCCc1cccc(CN2CCC3(CC2)CN(c2nccc(-c4ccccc4)n2)CCO3)c1. The number of morpholine rings is 1. The van der Waals surface area contributed by atoms with E-state index < -0.39 is 6.10 Å². The number of nitrogens with one attached hydrogen (secondary N) is 2. The molecule has 0 unspecified atom stereocenters. The molecule has 300 valence electrons. The molecule has 2 aliphatic rings. The molecule has 0 aliphatic carbocycles. The molecule has 2 aromatic heterocycles. The van der Waals surface area contributed by atoms with Crippen LogP contribution in [-0.4, -0.2) is 119 Å². The summed E-state index contributed by atoms with van der Waals surface area (Å²) in [5.74, 6) is 0.709. The van der Waals surface area contributed by atoms with E-state index in [1.54, 1.807) is 24.1 Å². The summed E-state index contributed by atoms with van der Waals surface area (Å²) in [4.78, 5) is 43.0. The van der Waals surface area contributed by atoms with Gasteiger partial charge in [0.25, 0.3) is 0 Å². The van der Waals surface area contributed by atoms with Gasteiger partial charge in [-0.05, 0) is 54.2 Å². The lowest BCUT2D eigenvalue weighted by Gasteiger charge is -2.47. The molecule has 1 spiro atoms. The lowest BCUT2D eigenvalue weighted by Crippen LogP contribution is -2.57. The number of piperidine rings is 1. The fourth-order valence-electron chi connectivity index (χ4n) is 7.76. The lowest BCUT2D eigenvalue weighted by atomic mass is 9.89. The molecule has 5 aromatic rings. The molecule has 0 radical (unpaired) electrons. The van der Waals surface area contributed by atoms with Crippen molar-refractivity contribution < 1.29 is 24.5 Å². The number of aromatic amines is 1. The van der Waals surface area contributed by atoms with Crippen molar-refractivity contribution in [1.29, 1.82) is 0 Å². The topological polar surface area (TPSA) is 156 Å². The Bertz CT molecular complexity index is 2160. The first-order valence-electron chi connectivity index (χ1n) is 19.9. The Morgan fingerprint density at radius 2 is 1.84 bits per heavy atom. The maximum Gasteiger partial charge on any atom is 0.248 e. The van der Waals surface area contributed by atoms with E-state index in [1.165, 1.54) is 23.3 Å². The van der Waals surface area contributed by atoms with Crippen LogP contribution in [0.15, 0.2) is 95.9 Å². The Balaban J connectivity index is 0.782. The third-order valence-electron chi connectivity index (χ3n) is 11.1. The number of pyridine rings is 1. The second-order valence-corrected chi connectivity index (χ2v) is 15.1. The highest BCUT2D eigenvalue weighted by atomic mass is 16.5. The Morgan fingerprint density at radius 3 is 2.68 bits per heavy atom. The number of phenols is 1. The number of carbonyl (C=O) groups excluding carboxylic acids is 1. The molecule has 4 heterocycles. The van der Waals surface area contributed by atoms with Gasteiger partial charge < -0.3 is 39.8 Å². The number of hydrogen-bond donors (Lipinski definition) is 4. The van der Waals surface area contributed by atoms with Gasteiger partial charge in [0.1, 0.15) is 5.75 Å². The largest absolute Gasteiger partial charge is 0.506 e. The summed E-state index contributed by atoms with van der Waals surface area (Å²) in [5, 5.41) is 24.6. The first-order chi connectivity index (χ1) is 27.7. The average molecular weight is 776 g/mol. The van der Waals surface area contributed by atoms with Crippen molar-refractivity contribution in [2.45, 2.75) is 43.9 Å². The number of hydrogen-bond acceptors (Lipinski definition) is 11. The molecule has 1 amide bonds. The minimum atomic E-state index is -0.860. The normalized spacial score (nSPS) is 16.2. The van der Waals surface area contributed by atoms with Crippen LogP contribution in [0.3, 0.4) is 0 Å². The second kappa shape index (κ2) is 18.8. The molecular formula is C44H53N7O6. The van der Waals surface area contributed by atoms with E-state index in [0.717, 1.165) is 69.2 Å². The van der Waals surface area contributed by atoms with E-state index in [1.807, 2.05) is 30.5 Å². The van der Waals surface area contributed by atoms with Crippen molar-refractivity contribution in [3.8, 4) is 17.0 Å². The van der Waals surface area contributed by atoms with E-state index in [2.05, 4.69) is 61.5 Å². The molecular weight excluding hydrogens is 723 g/mol. The van der Waals surface area contributed by atoms with E-state index in [-0.39, 0.29) is 29.4 Å². The molecule has 2 aliphatic heterocycles. The number of rotatable bonds is 16. The average Bonchev–Trinajstić information content (AvgIpc) is 3.24. The number of ether oxygens (including phenoxy) is 2. The highest BCUT2D eigenvalue weighted by Crippen LogP contribution is 2.33. The number of likely N-dealkylation sites (tertiary alicyclic amines) is 1. The third kappa shape index (κ3) is 10.4. The Hall–Kier alpha value is -5.18. The summed E-state index contributed by atoms with van der Waals surface area (Å²) < 4.78 is 12.3. The second-order valence-electron chi connectivity index (χ2n) is 15.1. The number of nitrogens with zero attached hydrogens (tertiary/aromatic N) is 5. The molecule has 4 N–H and O–H groups in total. The summed E-state index contributed by atoms with van der Waals surface area (Å²) in [6.07, 6.45) is 3.99. The number of aliphatic hydroxyl groups excluding tert-OH is 1. The smallest absolute Gasteiger partial charge is 0.248 e. The van der Waals surface area contributed by atoms with Gasteiger partial charge in [0.15, 0.2) is 0 Å². The molecule has 2 saturated heterocycles. The first-order valence-corrected chi connectivity index (χ1v) is 19.9. The van der Waals surface area contributed by atoms with Crippen LogP contribution in [0.5, 0.6) is 5.75 Å². The van der Waals surface area contributed by atoms with E-state index in [0.29, 0.717) is 55.8 Å². The molecule has 0 saturated carbocycles. The number of aliphatic hydroxyl groups is 1. The summed E-state index contributed by atoms with van der Waals surface area (Å²) >= 11 is 0. The number of benzene rings is 3. The van der Waals surface area contributed by atoms with Crippen LogP contribution in [0.4, 0.5) is 5.95 Å². The monoisotopic (exact) mass is 775 g/mol. The quantitative estimate of drug-likeness (QED) is 0.106. The van der Waals surface area contributed by atoms with E-state index in [9.17, 15) is 19.8 Å². The summed E-state index contributed by atoms with van der Waals surface area (Å²) in [5.41, 5.74) is 4.90. The minimum Gasteiger partial charge on any atom is -0.506 e. The molecule has 3 aromatic carbocycles. The van der Waals surface area contributed by atoms with Crippen molar-refractivity contribution in [2.24, 2.45) is 0 Å². The van der Waals surface area contributed by atoms with Gasteiger partial charge in [-0.2, -0.15) is 0 Å². The maximum absolute atomic E-state index is 12.7. The Kier molecular flexibility index (Phi) is 13.2.